The summed E-state index contributed by atoms with van der Waals surface area (Å²) in [6, 6.07) is -0.560. The maximum Gasteiger partial charge on any atom is 0.321 e. The molecule has 0 bridgehead atoms. The summed E-state index contributed by atoms with van der Waals surface area (Å²) in [5.74, 6) is -1.06. The van der Waals surface area contributed by atoms with Gasteiger partial charge in [0.2, 0.25) is 0 Å². The van der Waals surface area contributed by atoms with Crippen molar-refractivity contribution in [2.75, 3.05) is 6.54 Å². The normalized spacial score (nSPS) is 39.4. The van der Waals surface area contributed by atoms with Gasteiger partial charge in [0.05, 0.1) is 6.10 Å². The number of carbonyl (C=O) groups is 1. The molecule has 0 aliphatic carbocycles. The van der Waals surface area contributed by atoms with Gasteiger partial charge in [-0.15, -0.1) is 0 Å². The predicted molar refractivity (Wildman–Crippen MR) is 43.0 cm³/mol. The van der Waals surface area contributed by atoms with Crippen LogP contribution >= 0.6 is 9.39 Å². The fourth-order valence-corrected chi connectivity index (χ4v) is 1.99. The van der Waals surface area contributed by atoms with Crippen molar-refractivity contribution in [1.82, 2.24) is 4.67 Å². The van der Waals surface area contributed by atoms with E-state index in [9.17, 15) is 9.90 Å². The quantitative estimate of drug-likeness (QED) is 0.532. The Bertz CT molecular complexity index is 175. The van der Waals surface area contributed by atoms with Crippen molar-refractivity contribution in [3.05, 3.63) is 0 Å². The van der Waals surface area contributed by atoms with Crippen LogP contribution in [0.5, 0.6) is 0 Å². The van der Waals surface area contributed by atoms with E-state index >= 15 is 0 Å². The monoisotopic (exact) mass is 177 g/mol. The molecule has 1 saturated heterocycles. The van der Waals surface area contributed by atoms with E-state index in [0.717, 1.165) is 0 Å². The van der Waals surface area contributed by atoms with Gasteiger partial charge in [0.25, 0.3) is 0 Å². The van der Waals surface area contributed by atoms with Gasteiger partial charge in [-0.2, -0.15) is 0 Å². The lowest BCUT2D eigenvalue weighted by atomic mass is 10.0. The lowest BCUT2D eigenvalue weighted by Crippen LogP contribution is -2.33. The summed E-state index contributed by atoms with van der Waals surface area (Å²) >= 11 is 0. The Labute approximate surface area is 67.5 Å². The minimum Gasteiger partial charge on any atom is -0.480 e. The first-order valence-corrected chi connectivity index (χ1v) is 3.98. The first-order chi connectivity index (χ1) is 5.04. The van der Waals surface area contributed by atoms with Crippen LogP contribution in [0, 0.1) is 5.92 Å². The Kier molecular flexibility index (Phi) is 2.47. The molecule has 0 saturated carbocycles. The van der Waals surface area contributed by atoms with Crippen LogP contribution in [0.4, 0.5) is 0 Å². The van der Waals surface area contributed by atoms with E-state index in [-0.39, 0.29) is 5.92 Å². The van der Waals surface area contributed by atoms with Gasteiger partial charge in [-0.1, -0.05) is 16.3 Å². The molecular weight excluding hydrogens is 165 g/mol. The van der Waals surface area contributed by atoms with Gasteiger partial charge < -0.3 is 10.2 Å². The Morgan fingerprint density at radius 3 is 2.45 bits per heavy atom. The number of aliphatic carboxylic acids is 1. The minimum absolute atomic E-state index is 0.190. The summed E-state index contributed by atoms with van der Waals surface area (Å²) in [6.45, 7) is 2.16. The van der Waals surface area contributed by atoms with E-state index in [0.29, 0.717) is 6.54 Å². The molecule has 0 spiro atoms. The smallest absolute Gasteiger partial charge is 0.321 e. The molecule has 0 amide bonds. The molecule has 1 fully saturated rings. The molecular formula is C6H12NO3P. The average Bonchev–Trinajstić information content (AvgIpc) is 2.07. The third-order valence-electron chi connectivity index (χ3n) is 2.11. The summed E-state index contributed by atoms with van der Waals surface area (Å²) in [6.07, 6.45) is -0.520. The standard InChI is InChI=1S/C6H12NO3P/c1-3-4(8)2-7(11)5(3)6(9)10/h3-5,8H,2,11H2,1H3,(H,9,10)/t3-,4-,5?/m1/s1. The minimum atomic E-state index is -0.871. The van der Waals surface area contributed by atoms with Crippen LogP contribution in [0.25, 0.3) is 0 Å². The van der Waals surface area contributed by atoms with E-state index < -0.39 is 18.1 Å². The largest absolute Gasteiger partial charge is 0.480 e. The third kappa shape index (κ3) is 1.53. The molecule has 11 heavy (non-hydrogen) atoms. The molecule has 64 valence electrons. The molecule has 2 unspecified atom stereocenters. The van der Waals surface area contributed by atoms with Gasteiger partial charge >= 0.3 is 5.97 Å². The fraction of sp³-hybridized carbons (Fsp3) is 0.833. The lowest BCUT2D eigenvalue weighted by molar-refractivity contribution is -0.141. The highest BCUT2D eigenvalue weighted by Gasteiger charge is 2.40. The van der Waals surface area contributed by atoms with Crippen molar-refractivity contribution in [2.24, 2.45) is 5.92 Å². The lowest BCUT2D eigenvalue weighted by Gasteiger charge is -2.16. The molecule has 1 heterocycles. The number of nitrogens with zero attached hydrogens (tertiary/aromatic N) is 1. The van der Waals surface area contributed by atoms with Crippen LogP contribution in [0.1, 0.15) is 6.92 Å². The van der Waals surface area contributed by atoms with E-state index in [1.165, 1.54) is 0 Å². The average molecular weight is 177 g/mol. The number of carboxylic acids is 1. The molecule has 4 nitrogen and oxygen atoms in total. The van der Waals surface area contributed by atoms with Gasteiger partial charge in [0.15, 0.2) is 0 Å². The fourth-order valence-electron chi connectivity index (χ4n) is 1.38. The molecule has 0 aromatic heterocycles. The number of rotatable bonds is 1. The van der Waals surface area contributed by atoms with Crippen molar-refractivity contribution in [2.45, 2.75) is 19.1 Å². The number of carboxylic acid groups (broad SMARTS) is 1. The summed E-state index contributed by atoms with van der Waals surface area (Å²) in [4.78, 5) is 10.6. The van der Waals surface area contributed by atoms with Crippen molar-refractivity contribution < 1.29 is 15.0 Å². The van der Waals surface area contributed by atoms with Crippen molar-refractivity contribution >= 4 is 15.4 Å². The number of β-amino-alcohol motifs (C(OH)–C–C–N with tert-alkyl or cyclic N) is 1. The van der Waals surface area contributed by atoms with Crippen LogP contribution in [0.2, 0.25) is 0 Å². The van der Waals surface area contributed by atoms with Gasteiger partial charge in [0, 0.05) is 12.5 Å². The van der Waals surface area contributed by atoms with Crippen molar-refractivity contribution in [3.8, 4) is 0 Å². The van der Waals surface area contributed by atoms with E-state index in [4.69, 9.17) is 5.11 Å². The summed E-state index contributed by atoms with van der Waals surface area (Å²) in [5.41, 5.74) is 0. The molecule has 1 aliphatic rings. The number of hydrogen-bond donors (Lipinski definition) is 2. The van der Waals surface area contributed by atoms with E-state index in [1.807, 2.05) is 0 Å². The topological polar surface area (TPSA) is 60.8 Å². The van der Waals surface area contributed by atoms with Crippen molar-refractivity contribution in [3.63, 3.8) is 0 Å². The number of aliphatic hydroxyl groups excluding tert-OH is 1. The maximum atomic E-state index is 10.6. The van der Waals surface area contributed by atoms with Gasteiger partial charge in [0.1, 0.15) is 6.04 Å². The highest BCUT2D eigenvalue weighted by molar-refractivity contribution is 7.13. The second-order valence-corrected chi connectivity index (χ2v) is 3.57. The van der Waals surface area contributed by atoms with Gasteiger partial charge in [-0.05, 0) is 0 Å². The second-order valence-electron chi connectivity index (χ2n) is 2.91. The highest BCUT2D eigenvalue weighted by Crippen LogP contribution is 2.27. The van der Waals surface area contributed by atoms with Gasteiger partial charge in [-0.3, -0.25) is 9.46 Å². The number of hydrogen-bond acceptors (Lipinski definition) is 3. The molecule has 1 rings (SSSR count). The Balaban J connectivity index is 2.71. The summed E-state index contributed by atoms with van der Waals surface area (Å²) < 4.78 is 1.58. The third-order valence-corrected chi connectivity index (χ3v) is 2.65. The van der Waals surface area contributed by atoms with Crippen LogP contribution in [-0.4, -0.2) is 39.5 Å². The van der Waals surface area contributed by atoms with Crippen molar-refractivity contribution in [1.29, 1.82) is 0 Å². The number of aliphatic hydroxyl groups is 1. The molecule has 0 aromatic carbocycles. The van der Waals surface area contributed by atoms with Crippen LogP contribution in [0.15, 0.2) is 0 Å². The maximum absolute atomic E-state index is 10.6. The zero-order chi connectivity index (χ0) is 8.59. The molecule has 4 atom stereocenters. The first-order valence-electron chi connectivity index (χ1n) is 3.46. The molecule has 0 aromatic rings. The zero-order valence-electron chi connectivity index (χ0n) is 6.27. The van der Waals surface area contributed by atoms with Crippen LogP contribution in [0.3, 0.4) is 0 Å². The Morgan fingerprint density at radius 2 is 2.27 bits per heavy atom. The second kappa shape index (κ2) is 3.05. The Hall–Kier alpha value is -0.180. The zero-order valence-corrected chi connectivity index (χ0v) is 7.42. The Morgan fingerprint density at radius 1 is 1.73 bits per heavy atom. The highest BCUT2D eigenvalue weighted by atomic mass is 31.0. The van der Waals surface area contributed by atoms with Crippen LogP contribution < -0.4 is 0 Å². The van der Waals surface area contributed by atoms with E-state index in [1.54, 1.807) is 11.6 Å². The van der Waals surface area contributed by atoms with E-state index in [2.05, 4.69) is 9.39 Å². The first kappa shape index (κ1) is 8.91. The predicted octanol–water partition coefficient (Wildman–Crippen LogP) is -0.458. The van der Waals surface area contributed by atoms with Gasteiger partial charge in [-0.25, -0.2) is 0 Å². The molecule has 2 N–H and O–H groups in total. The SMILES string of the molecule is C[C@H]1C(C(=O)O)N(P)C[C@H]1O. The molecule has 0 radical (unpaired) electrons. The van der Waals surface area contributed by atoms with Crippen LogP contribution in [-0.2, 0) is 4.79 Å². The summed E-state index contributed by atoms with van der Waals surface area (Å²) in [7, 11) is 2.32. The summed E-state index contributed by atoms with van der Waals surface area (Å²) in [5, 5.41) is 18.0. The molecule has 5 heteroatoms. The molecule has 1 aliphatic heterocycles.